The van der Waals surface area contributed by atoms with Crippen molar-refractivity contribution in [2.45, 2.75) is 38.3 Å². The Bertz CT molecular complexity index is 717. The van der Waals surface area contributed by atoms with Crippen LogP contribution in [0.25, 0.3) is 0 Å². The van der Waals surface area contributed by atoms with Crippen LogP contribution >= 0.6 is 0 Å². The summed E-state index contributed by atoms with van der Waals surface area (Å²) in [7, 11) is 0. The highest BCUT2D eigenvalue weighted by Crippen LogP contribution is 2.29. The number of halogens is 1. The second-order valence-electron chi connectivity index (χ2n) is 6.44. The lowest BCUT2D eigenvalue weighted by molar-refractivity contribution is 0.0662. The first-order chi connectivity index (χ1) is 11.6. The minimum atomic E-state index is -0.619. The third-order valence-electron chi connectivity index (χ3n) is 4.67. The average Bonchev–Trinajstić information content (AvgIpc) is 3.05. The van der Waals surface area contributed by atoms with Crippen molar-refractivity contribution in [1.29, 1.82) is 0 Å². The lowest BCUT2D eigenvalue weighted by atomic mass is 10.00. The van der Waals surface area contributed by atoms with Gasteiger partial charge in [0, 0.05) is 12.6 Å². The third-order valence-corrected chi connectivity index (χ3v) is 4.67. The quantitative estimate of drug-likeness (QED) is 0.926. The molecule has 2 aromatic rings. The molecule has 0 radical (unpaired) electrons. The number of hydrogen-bond acceptors (Lipinski definition) is 2. The van der Waals surface area contributed by atoms with Gasteiger partial charge in [-0.25, -0.2) is 4.39 Å². The SMILES string of the molecule is Cc1ccc(F)c(C(=O)N2CCCC2CC(O)c2ccccc2)c1. The summed E-state index contributed by atoms with van der Waals surface area (Å²) in [6.07, 6.45) is 1.57. The van der Waals surface area contributed by atoms with Gasteiger partial charge < -0.3 is 10.0 Å². The lowest BCUT2D eigenvalue weighted by Gasteiger charge is -2.27. The summed E-state index contributed by atoms with van der Waals surface area (Å²) < 4.78 is 14.0. The van der Waals surface area contributed by atoms with Gasteiger partial charge in [0.25, 0.3) is 5.91 Å². The van der Waals surface area contributed by atoms with Crippen LogP contribution in [-0.2, 0) is 0 Å². The van der Waals surface area contributed by atoms with E-state index in [2.05, 4.69) is 0 Å². The minimum Gasteiger partial charge on any atom is -0.388 e. The number of benzene rings is 2. The van der Waals surface area contributed by atoms with Gasteiger partial charge in [-0.2, -0.15) is 0 Å². The molecule has 1 fully saturated rings. The molecule has 0 spiro atoms. The van der Waals surface area contributed by atoms with Crippen LogP contribution in [0.2, 0.25) is 0 Å². The summed E-state index contributed by atoms with van der Waals surface area (Å²) in [5.74, 6) is -0.765. The molecule has 2 aromatic carbocycles. The van der Waals surface area contributed by atoms with Crippen molar-refractivity contribution in [2.24, 2.45) is 0 Å². The summed E-state index contributed by atoms with van der Waals surface area (Å²) >= 11 is 0. The van der Waals surface area contributed by atoms with Crippen molar-refractivity contribution >= 4 is 5.91 Å². The van der Waals surface area contributed by atoms with Crippen LogP contribution in [0.5, 0.6) is 0 Å². The van der Waals surface area contributed by atoms with Gasteiger partial charge in [-0.3, -0.25) is 4.79 Å². The molecule has 24 heavy (non-hydrogen) atoms. The van der Waals surface area contributed by atoms with E-state index in [0.29, 0.717) is 13.0 Å². The van der Waals surface area contributed by atoms with E-state index < -0.39 is 11.9 Å². The summed E-state index contributed by atoms with van der Waals surface area (Å²) in [6, 6.07) is 14.0. The molecule has 0 aliphatic carbocycles. The summed E-state index contributed by atoms with van der Waals surface area (Å²) in [5, 5.41) is 10.4. The Labute approximate surface area is 141 Å². The largest absolute Gasteiger partial charge is 0.388 e. The van der Waals surface area contributed by atoms with Crippen molar-refractivity contribution in [3.05, 3.63) is 71.0 Å². The minimum absolute atomic E-state index is 0.0624. The average molecular weight is 327 g/mol. The van der Waals surface area contributed by atoms with Crippen molar-refractivity contribution in [3.63, 3.8) is 0 Å². The normalized spacial score (nSPS) is 18.6. The maximum atomic E-state index is 14.0. The zero-order valence-corrected chi connectivity index (χ0v) is 13.8. The zero-order valence-electron chi connectivity index (χ0n) is 13.8. The Morgan fingerprint density at radius 2 is 2.04 bits per heavy atom. The fourth-order valence-electron chi connectivity index (χ4n) is 3.37. The number of nitrogens with zero attached hydrogens (tertiary/aromatic N) is 1. The molecule has 1 saturated heterocycles. The van der Waals surface area contributed by atoms with Crippen LogP contribution in [0.15, 0.2) is 48.5 Å². The summed E-state index contributed by atoms with van der Waals surface area (Å²) in [5.41, 5.74) is 1.83. The van der Waals surface area contributed by atoms with Gasteiger partial charge in [-0.1, -0.05) is 42.0 Å². The van der Waals surface area contributed by atoms with Crippen LogP contribution in [0.1, 0.15) is 46.9 Å². The van der Waals surface area contributed by atoms with Crippen LogP contribution in [-0.4, -0.2) is 28.5 Å². The Morgan fingerprint density at radius 1 is 1.29 bits per heavy atom. The first-order valence-electron chi connectivity index (χ1n) is 8.36. The highest BCUT2D eigenvalue weighted by Gasteiger charge is 2.32. The van der Waals surface area contributed by atoms with Gasteiger partial charge in [0.15, 0.2) is 0 Å². The molecule has 1 aliphatic rings. The molecule has 126 valence electrons. The van der Waals surface area contributed by atoms with E-state index >= 15 is 0 Å². The molecule has 0 aromatic heterocycles. The molecule has 2 unspecified atom stereocenters. The predicted molar refractivity (Wildman–Crippen MR) is 91.2 cm³/mol. The van der Waals surface area contributed by atoms with E-state index in [0.717, 1.165) is 24.0 Å². The van der Waals surface area contributed by atoms with Crippen molar-refractivity contribution in [3.8, 4) is 0 Å². The molecular weight excluding hydrogens is 305 g/mol. The number of likely N-dealkylation sites (tertiary alicyclic amines) is 1. The van der Waals surface area contributed by atoms with Crippen molar-refractivity contribution in [2.75, 3.05) is 6.54 Å². The smallest absolute Gasteiger partial charge is 0.257 e. The van der Waals surface area contributed by atoms with E-state index in [-0.39, 0.29) is 17.5 Å². The number of aliphatic hydroxyl groups excluding tert-OH is 1. The standard InChI is InChI=1S/C20H22FNO2/c1-14-9-10-18(21)17(12-14)20(24)22-11-5-8-16(22)13-19(23)15-6-3-2-4-7-15/h2-4,6-7,9-10,12,16,19,23H,5,8,11,13H2,1H3. The van der Waals surface area contributed by atoms with E-state index in [1.54, 1.807) is 17.0 Å². The third kappa shape index (κ3) is 3.49. The molecule has 3 nitrogen and oxygen atoms in total. The molecule has 0 bridgehead atoms. The molecule has 1 N–H and O–H groups in total. The number of carbonyl (C=O) groups excluding carboxylic acids is 1. The fourth-order valence-corrected chi connectivity index (χ4v) is 3.37. The van der Waals surface area contributed by atoms with Gasteiger partial charge in [0.1, 0.15) is 5.82 Å². The summed E-state index contributed by atoms with van der Waals surface area (Å²) in [6.45, 7) is 2.45. The Morgan fingerprint density at radius 3 is 2.79 bits per heavy atom. The summed E-state index contributed by atoms with van der Waals surface area (Å²) in [4.78, 5) is 14.5. The molecular formula is C20H22FNO2. The number of amides is 1. The maximum Gasteiger partial charge on any atom is 0.257 e. The molecule has 3 rings (SSSR count). The topological polar surface area (TPSA) is 40.5 Å². The van der Waals surface area contributed by atoms with Gasteiger partial charge in [-0.15, -0.1) is 0 Å². The number of carbonyl (C=O) groups is 1. The van der Waals surface area contributed by atoms with E-state index in [4.69, 9.17) is 0 Å². The van der Waals surface area contributed by atoms with Gasteiger partial charge >= 0.3 is 0 Å². The number of aryl methyl sites for hydroxylation is 1. The Hall–Kier alpha value is -2.20. The van der Waals surface area contributed by atoms with E-state index in [1.807, 2.05) is 37.3 Å². The highest BCUT2D eigenvalue weighted by atomic mass is 19.1. The Kier molecular flexibility index (Phi) is 4.95. The van der Waals surface area contributed by atoms with Crippen molar-refractivity contribution in [1.82, 2.24) is 4.90 Å². The number of rotatable bonds is 4. The first-order valence-corrected chi connectivity index (χ1v) is 8.36. The molecule has 2 atom stereocenters. The molecule has 4 heteroatoms. The lowest BCUT2D eigenvalue weighted by Crippen LogP contribution is -2.37. The molecule has 0 saturated carbocycles. The van der Waals surface area contributed by atoms with E-state index in [1.165, 1.54) is 6.07 Å². The van der Waals surface area contributed by atoms with E-state index in [9.17, 15) is 14.3 Å². The molecule has 1 aliphatic heterocycles. The van der Waals surface area contributed by atoms with Crippen LogP contribution in [0.4, 0.5) is 4.39 Å². The number of hydrogen-bond donors (Lipinski definition) is 1. The van der Waals surface area contributed by atoms with Crippen molar-refractivity contribution < 1.29 is 14.3 Å². The zero-order chi connectivity index (χ0) is 17.1. The van der Waals surface area contributed by atoms with Gasteiger partial charge in [0.05, 0.1) is 11.7 Å². The predicted octanol–water partition coefficient (Wildman–Crippen LogP) is 3.86. The Balaban J connectivity index is 1.75. The monoisotopic (exact) mass is 327 g/mol. The fraction of sp³-hybridized carbons (Fsp3) is 0.350. The van der Waals surface area contributed by atoms with Crippen LogP contribution in [0.3, 0.4) is 0 Å². The number of aliphatic hydroxyl groups is 1. The maximum absolute atomic E-state index is 14.0. The van der Waals surface area contributed by atoms with Gasteiger partial charge in [0.2, 0.25) is 0 Å². The van der Waals surface area contributed by atoms with Crippen LogP contribution in [0, 0.1) is 12.7 Å². The van der Waals surface area contributed by atoms with Gasteiger partial charge in [-0.05, 0) is 43.9 Å². The van der Waals surface area contributed by atoms with Crippen LogP contribution < -0.4 is 0 Å². The highest BCUT2D eigenvalue weighted by molar-refractivity contribution is 5.95. The molecule has 1 amide bonds. The first kappa shape index (κ1) is 16.7. The molecule has 1 heterocycles. The second-order valence-corrected chi connectivity index (χ2v) is 6.44. The second kappa shape index (κ2) is 7.14.